The van der Waals surface area contributed by atoms with Crippen LogP contribution in [0.5, 0.6) is 0 Å². The highest BCUT2D eigenvalue weighted by Gasteiger charge is 2.23. The van der Waals surface area contributed by atoms with Gasteiger partial charge in [-0.3, -0.25) is 4.79 Å². The number of nitrogens with zero attached hydrogens (tertiary/aromatic N) is 1. The Hall–Kier alpha value is -1.10. The number of hydrogen-bond acceptors (Lipinski definition) is 4. The summed E-state index contributed by atoms with van der Waals surface area (Å²) < 4.78 is 4.67. The molecule has 0 aliphatic rings. The van der Waals surface area contributed by atoms with E-state index in [0.29, 0.717) is 12.6 Å². The van der Waals surface area contributed by atoms with Gasteiger partial charge in [-0.05, 0) is 20.4 Å². The fraction of sp³-hybridized carbons (Fsp3) is 0.833. The van der Waals surface area contributed by atoms with Crippen molar-refractivity contribution < 1.29 is 14.3 Å². The maximum absolute atomic E-state index is 11.5. The van der Waals surface area contributed by atoms with Gasteiger partial charge in [0.05, 0.1) is 7.11 Å². The topological polar surface area (TPSA) is 58.6 Å². The van der Waals surface area contributed by atoms with Crippen molar-refractivity contribution >= 4 is 11.9 Å². The first-order chi connectivity index (χ1) is 7.92. The van der Waals surface area contributed by atoms with E-state index >= 15 is 0 Å². The van der Waals surface area contributed by atoms with Gasteiger partial charge in [0.2, 0.25) is 5.91 Å². The zero-order chi connectivity index (χ0) is 13.4. The van der Waals surface area contributed by atoms with Crippen molar-refractivity contribution in [2.45, 2.75) is 45.7 Å². The molecule has 0 spiro atoms. The van der Waals surface area contributed by atoms with E-state index in [0.717, 1.165) is 12.8 Å². The van der Waals surface area contributed by atoms with Crippen LogP contribution in [-0.2, 0) is 14.3 Å². The molecule has 100 valence electrons. The molecule has 1 amide bonds. The zero-order valence-corrected chi connectivity index (χ0v) is 11.4. The lowest BCUT2D eigenvalue weighted by Gasteiger charge is -2.28. The molecule has 0 saturated carbocycles. The monoisotopic (exact) mass is 244 g/mol. The van der Waals surface area contributed by atoms with Crippen LogP contribution in [0.2, 0.25) is 0 Å². The number of rotatable bonds is 7. The highest BCUT2D eigenvalue weighted by molar-refractivity contribution is 5.83. The van der Waals surface area contributed by atoms with Gasteiger partial charge in [0.15, 0.2) is 0 Å². The van der Waals surface area contributed by atoms with E-state index in [4.69, 9.17) is 0 Å². The molecule has 0 heterocycles. The van der Waals surface area contributed by atoms with Crippen molar-refractivity contribution in [3.05, 3.63) is 0 Å². The summed E-state index contributed by atoms with van der Waals surface area (Å²) in [6.07, 6.45) is 2.15. The summed E-state index contributed by atoms with van der Waals surface area (Å²) in [6.45, 7) is 6.08. The van der Waals surface area contributed by atoms with Crippen molar-refractivity contribution in [2.75, 3.05) is 20.7 Å². The van der Waals surface area contributed by atoms with Crippen molar-refractivity contribution in [3.63, 3.8) is 0 Å². The molecule has 0 aromatic carbocycles. The minimum absolute atomic E-state index is 0.225. The van der Waals surface area contributed by atoms with E-state index in [9.17, 15) is 9.59 Å². The number of carbonyl (C=O) groups excluding carboxylic acids is 2. The average molecular weight is 244 g/mol. The summed E-state index contributed by atoms with van der Waals surface area (Å²) in [5.41, 5.74) is 0. The molecule has 2 atom stereocenters. The van der Waals surface area contributed by atoms with Gasteiger partial charge in [0, 0.05) is 19.5 Å². The normalized spacial score (nSPS) is 14.2. The number of esters is 1. The number of nitrogens with one attached hydrogen (secondary N) is 1. The smallest absolute Gasteiger partial charge is 0.329 e. The predicted octanol–water partition coefficient (Wildman–Crippen LogP) is 0.785. The number of hydrogen-bond donors (Lipinski definition) is 1. The predicted molar refractivity (Wildman–Crippen MR) is 66.6 cm³/mol. The van der Waals surface area contributed by atoms with E-state index in [2.05, 4.69) is 28.8 Å². The van der Waals surface area contributed by atoms with E-state index in [1.165, 1.54) is 14.0 Å². The van der Waals surface area contributed by atoms with Crippen molar-refractivity contribution in [1.82, 2.24) is 10.2 Å². The molecule has 0 rings (SSSR count). The molecule has 0 aliphatic carbocycles. The largest absolute Gasteiger partial charge is 0.467 e. The van der Waals surface area contributed by atoms with Crippen molar-refractivity contribution in [1.29, 1.82) is 0 Å². The third kappa shape index (κ3) is 6.26. The summed E-state index contributed by atoms with van der Waals surface area (Å²) in [5, 5.41) is 2.60. The van der Waals surface area contributed by atoms with Crippen LogP contribution >= 0.6 is 0 Å². The Morgan fingerprint density at radius 3 is 2.41 bits per heavy atom. The van der Waals surface area contributed by atoms with Crippen LogP contribution in [0.4, 0.5) is 0 Å². The molecule has 0 fully saturated rings. The lowest BCUT2D eigenvalue weighted by Crippen LogP contribution is -2.49. The van der Waals surface area contributed by atoms with Crippen LogP contribution in [0.15, 0.2) is 0 Å². The molecular weight excluding hydrogens is 220 g/mol. The lowest BCUT2D eigenvalue weighted by atomic mass is 10.1. The summed E-state index contributed by atoms with van der Waals surface area (Å²) in [7, 11) is 3.27. The van der Waals surface area contributed by atoms with Crippen molar-refractivity contribution in [3.8, 4) is 0 Å². The first kappa shape index (κ1) is 15.9. The van der Waals surface area contributed by atoms with Gasteiger partial charge in [-0.15, -0.1) is 0 Å². The second-order valence-corrected chi connectivity index (χ2v) is 4.35. The molecule has 17 heavy (non-hydrogen) atoms. The van der Waals surface area contributed by atoms with E-state index in [1.807, 2.05) is 7.05 Å². The van der Waals surface area contributed by atoms with Gasteiger partial charge in [0.1, 0.15) is 6.04 Å². The van der Waals surface area contributed by atoms with Gasteiger partial charge >= 0.3 is 5.97 Å². The molecule has 0 saturated heterocycles. The van der Waals surface area contributed by atoms with E-state index in [-0.39, 0.29) is 5.91 Å². The maximum atomic E-state index is 11.5. The van der Waals surface area contributed by atoms with Gasteiger partial charge in [0.25, 0.3) is 0 Å². The van der Waals surface area contributed by atoms with Gasteiger partial charge < -0.3 is 15.0 Å². The first-order valence-electron chi connectivity index (χ1n) is 5.97. The minimum atomic E-state index is -0.596. The molecule has 5 heteroatoms. The second-order valence-electron chi connectivity index (χ2n) is 4.35. The maximum Gasteiger partial charge on any atom is 0.329 e. The van der Waals surface area contributed by atoms with Crippen molar-refractivity contribution in [2.24, 2.45) is 0 Å². The molecular formula is C12H24N2O3. The molecule has 5 nitrogen and oxygen atoms in total. The van der Waals surface area contributed by atoms with Crippen LogP contribution in [-0.4, -0.2) is 49.6 Å². The minimum Gasteiger partial charge on any atom is -0.467 e. The molecule has 0 radical (unpaired) electrons. The van der Waals surface area contributed by atoms with Crippen LogP contribution in [0.1, 0.15) is 33.6 Å². The zero-order valence-electron chi connectivity index (χ0n) is 11.4. The Balaban J connectivity index is 4.41. The summed E-state index contributed by atoms with van der Waals surface area (Å²) >= 11 is 0. The van der Waals surface area contributed by atoms with Gasteiger partial charge in [-0.1, -0.05) is 13.3 Å². The number of methoxy groups -OCH3 is 1. The Kier molecular flexibility index (Phi) is 7.54. The van der Waals surface area contributed by atoms with Crippen LogP contribution in [0.25, 0.3) is 0 Å². The number of amides is 1. The van der Waals surface area contributed by atoms with Gasteiger partial charge in [-0.2, -0.15) is 0 Å². The SMILES string of the molecule is CCCC(C)N(C)CC(NC(C)=O)C(=O)OC. The summed E-state index contributed by atoms with van der Waals surface area (Å²) in [6, 6.07) is -0.220. The Morgan fingerprint density at radius 1 is 1.41 bits per heavy atom. The number of ether oxygens (including phenoxy) is 1. The average Bonchev–Trinajstić information content (AvgIpc) is 2.26. The van der Waals surface area contributed by atoms with E-state index < -0.39 is 12.0 Å². The Labute approximate surface area is 103 Å². The Bertz CT molecular complexity index is 256. The molecule has 0 aromatic heterocycles. The number of likely N-dealkylation sites (N-methyl/N-ethyl adjacent to an activating group) is 1. The second kappa shape index (κ2) is 8.06. The first-order valence-corrected chi connectivity index (χ1v) is 5.97. The summed E-state index contributed by atoms with van der Waals surface area (Å²) in [5.74, 6) is -0.632. The third-order valence-corrected chi connectivity index (χ3v) is 2.79. The fourth-order valence-electron chi connectivity index (χ4n) is 1.67. The highest BCUT2D eigenvalue weighted by atomic mass is 16.5. The molecule has 2 unspecified atom stereocenters. The lowest BCUT2D eigenvalue weighted by molar-refractivity contribution is -0.145. The molecule has 1 N–H and O–H groups in total. The Morgan fingerprint density at radius 2 is 2.00 bits per heavy atom. The molecule has 0 aliphatic heterocycles. The molecule has 0 aromatic rings. The highest BCUT2D eigenvalue weighted by Crippen LogP contribution is 2.05. The van der Waals surface area contributed by atoms with E-state index in [1.54, 1.807) is 0 Å². The van der Waals surface area contributed by atoms with Gasteiger partial charge in [-0.25, -0.2) is 4.79 Å². The van der Waals surface area contributed by atoms with Crippen LogP contribution in [0, 0.1) is 0 Å². The number of carbonyl (C=O) groups is 2. The van der Waals surface area contributed by atoms with Crippen LogP contribution < -0.4 is 5.32 Å². The summed E-state index contributed by atoms with van der Waals surface area (Å²) in [4.78, 5) is 24.6. The standard InChI is InChI=1S/C12H24N2O3/c1-6-7-9(2)14(4)8-11(12(16)17-5)13-10(3)15/h9,11H,6-8H2,1-5H3,(H,13,15). The third-order valence-electron chi connectivity index (χ3n) is 2.79. The van der Waals surface area contributed by atoms with Crippen LogP contribution in [0.3, 0.4) is 0 Å². The fourth-order valence-corrected chi connectivity index (χ4v) is 1.67. The quantitative estimate of drug-likeness (QED) is 0.673. The molecule has 0 bridgehead atoms.